The maximum absolute atomic E-state index is 11.4. The largest absolute Gasteiger partial charge is 0.293 e. The van der Waals surface area contributed by atoms with Crippen molar-refractivity contribution in [2.75, 3.05) is 0 Å². The Morgan fingerprint density at radius 3 is 2.69 bits per heavy atom. The molecular weight excluding hydrogens is 160 g/mol. The van der Waals surface area contributed by atoms with Gasteiger partial charge in [0.15, 0.2) is 5.78 Å². The summed E-state index contributed by atoms with van der Waals surface area (Å²) in [6.07, 6.45) is 5.26. The molecule has 13 heavy (non-hydrogen) atoms. The van der Waals surface area contributed by atoms with Crippen molar-refractivity contribution in [2.45, 2.75) is 20.3 Å². The Kier molecular flexibility index (Phi) is 2.87. The summed E-state index contributed by atoms with van der Waals surface area (Å²) in [6.45, 7) is 3.93. The molecule has 0 bridgehead atoms. The summed E-state index contributed by atoms with van der Waals surface area (Å²) >= 11 is 0. The Hall–Kier alpha value is -1.55. The number of ketones is 1. The van der Waals surface area contributed by atoms with Gasteiger partial charge in [-0.2, -0.15) is 0 Å². The number of aryl methyl sites for hydroxylation is 2. The van der Waals surface area contributed by atoms with Gasteiger partial charge in [0.2, 0.25) is 0 Å². The van der Waals surface area contributed by atoms with Crippen molar-refractivity contribution < 1.29 is 4.79 Å². The summed E-state index contributed by atoms with van der Waals surface area (Å²) in [6, 6.07) is 5.75. The molecule has 0 aliphatic carbocycles. The lowest BCUT2D eigenvalue weighted by Crippen LogP contribution is -2.00. The van der Waals surface area contributed by atoms with E-state index in [1.807, 2.05) is 32.0 Å². The van der Waals surface area contributed by atoms with E-state index in [1.165, 1.54) is 0 Å². The Balaban J connectivity index is 3.03. The van der Waals surface area contributed by atoms with Crippen LogP contribution < -0.4 is 0 Å². The van der Waals surface area contributed by atoms with Crippen LogP contribution in [0.3, 0.4) is 0 Å². The third-order valence-corrected chi connectivity index (χ3v) is 1.94. The normalized spacial score (nSPS) is 9.31. The van der Waals surface area contributed by atoms with Gasteiger partial charge in [-0.15, -0.1) is 6.42 Å². The second-order valence-electron chi connectivity index (χ2n) is 3.12. The van der Waals surface area contributed by atoms with E-state index < -0.39 is 0 Å². The molecule has 0 N–H and O–H groups in total. The Morgan fingerprint density at radius 1 is 1.46 bits per heavy atom. The summed E-state index contributed by atoms with van der Waals surface area (Å²) in [5, 5.41) is 0. The molecule has 1 heteroatoms. The minimum Gasteiger partial charge on any atom is -0.293 e. The molecule has 1 nitrogen and oxygen atoms in total. The highest BCUT2D eigenvalue weighted by atomic mass is 16.1. The van der Waals surface area contributed by atoms with Gasteiger partial charge in [0.25, 0.3) is 0 Å². The molecule has 1 aromatic rings. The van der Waals surface area contributed by atoms with Crippen molar-refractivity contribution >= 4 is 5.78 Å². The molecule has 1 aromatic carbocycles. The summed E-state index contributed by atoms with van der Waals surface area (Å²) in [5.74, 6) is 2.39. The van der Waals surface area contributed by atoms with Gasteiger partial charge in [-0.3, -0.25) is 4.79 Å². The van der Waals surface area contributed by atoms with Crippen LogP contribution in [-0.4, -0.2) is 5.78 Å². The Labute approximate surface area is 78.8 Å². The number of rotatable bonds is 2. The van der Waals surface area contributed by atoms with Gasteiger partial charge in [-0.25, -0.2) is 0 Å². The molecule has 0 aromatic heterocycles. The van der Waals surface area contributed by atoms with Crippen molar-refractivity contribution in [3.63, 3.8) is 0 Å². The maximum Gasteiger partial charge on any atom is 0.174 e. The number of hydrogen-bond donors (Lipinski definition) is 0. The minimum atomic E-state index is 0.0278. The van der Waals surface area contributed by atoms with Crippen LogP contribution in [0.25, 0.3) is 0 Å². The number of benzene rings is 1. The monoisotopic (exact) mass is 172 g/mol. The zero-order valence-corrected chi connectivity index (χ0v) is 7.92. The van der Waals surface area contributed by atoms with E-state index in [9.17, 15) is 4.79 Å². The van der Waals surface area contributed by atoms with E-state index in [2.05, 4.69) is 5.92 Å². The SMILES string of the molecule is C#CCC(=O)c1ccc(C)cc1C. The van der Waals surface area contributed by atoms with Crippen LogP contribution in [-0.2, 0) is 0 Å². The quantitative estimate of drug-likeness (QED) is 0.495. The van der Waals surface area contributed by atoms with Crippen molar-refractivity contribution in [3.05, 3.63) is 34.9 Å². The number of carbonyl (C=O) groups excluding carboxylic acids is 1. The second kappa shape index (κ2) is 3.91. The standard InChI is InChI=1S/C12H12O/c1-4-5-12(13)11-7-6-9(2)8-10(11)3/h1,6-8H,5H2,2-3H3. The van der Waals surface area contributed by atoms with Crippen molar-refractivity contribution in [3.8, 4) is 12.3 Å². The molecule has 0 saturated heterocycles. The predicted molar refractivity (Wildman–Crippen MR) is 53.7 cm³/mol. The van der Waals surface area contributed by atoms with Crippen LogP contribution in [0.4, 0.5) is 0 Å². The zero-order chi connectivity index (χ0) is 9.84. The molecule has 0 saturated carbocycles. The number of hydrogen-bond acceptors (Lipinski definition) is 1. The molecule has 0 fully saturated rings. The summed E-state index contributed by atoms with van der Waals surface area (Å²) in [7, 11) is 0. The summed E-state index contributed by atoms with van der Waals surface area (Å²) < 4.78 is 0. The van der Waals surface area contributed by atoms with E-state index in [0.29, 0.717) is 0 Å². The molecule has 0 aliphatic rings. The molecule has 0 radical (unpaired) electrons. The lowest BCUT2D eigenvalue weighted by Gasteiger charge is -2.03. The van der Waals surface area contributed by atoms with Crippen LogP contribution in [0, 0.1) is 26.2 Å². The van der Waals surface area contributed by atoms with E-state index in [-0.39, 0.29) is 12.2 Å². The van der Waals surface area contributed by atoms with Crippen molar-refractivity contribution in [1.29, 1.82) is 0 Å². The van der Waals surface area contributed by atoms with Gasteiger partial charge < -0.3 is 0 Å². The summed E-state index contributed by atoms with van der Waals surface area (Å²) in [4.78, 5) is 11.4. The zero-order valence-electron chi connectivity index (χ0n) is 7.92. The van der Waals surface area contributed by atoms with E-state index in [4.69, 9.17) is 6.42 Å². The maximum atomic E-state index is 11.4. The molecule has 0 spiro atoms. The lowest BCUT2D eigenvalue weighted by molar-refractivity contribution is 0.0997. The van der Waals surface area contributed by atoms with Gasteiger partial charge in [-0.05, 0) is 19.4 Å². The molecule has 66 valence electrons. The lowest BCUT2D eigenvalue weighted by atomic mass is 10.0. The fraction of sp³-hybridized carbons (Fsp3) is 0.250. The minimum absolute atomic E-state index is 0.0278. The molecule has 0 amide bonds. The molecular formula is C12H12O. The highest BCUT2D eigenvalue weighted by Gasteiger charge is 2.06. The highest BCUT2D eigenvalue weighted by Crippen LogP contribution is 2.12. The van der Waals surface area contributed by atoms with Crippen molar-refractivity contribution in [1.82, 2.24) is 0 Å². The number of carbonyl (C=O) groups is 1. The smallest absolute Gasteiger partial charge is 0.174 e. The third kappa shape index (κ3) is 2.19. The second-order valence-corrected chi connectivity index (χ2v) is 3.12. The first kappa shape index (κ1) is 9.54. The number of terminal acetylenes is 1. The molecule has 0 aliphatic heterocycles. The summed E-state index contributed by atoms with van der Waals surface area (Å²) in [5.41, 5.74) is 2.90. The topological polar surface area (TPSA) is 17.1 Å². The van der Waals surface area contributed by atoms with E-state index in [1.54, 1.807) is 0 Å². The van der Waals surface area contributed by atoms with Crippen molar-refractivity contribution in [2.24, 2.45) is 0 Å². The van der Waals surface area contributed by atoms with Crippen LogP contribution >= 0.6 is 0 Å². The molecule has 0 atom stereocenters. The first-order valence-corrected chi connectivity index (χ1v) is 4.19. The van der Waals surface area contributed by atoms with Gasteiger partial charge >= 0.3 is 0 Å². The van der Waals surface area contributed by atoms with E-state index >= 15 is 0 Å². The highest BCUT2D eigenvalue weighted by molar-refractivity contribution is 5.98. The van der Waals surface area contributed by atoms with Gasteiger partial charge in [0, 0.05) is 5.56 Å². The molecule has 0 unspecified atom stereocenters. The first-order chi connectivity index (χ1) is 6.15. The van der Waals surface area contributed by atoms with Crippen LogP contribution in [0.1, 0.15) is 27.9 Å². The molecule has 0 heterocycles. The third-order valence-electron chi connectivity index (χ3n) is 1.94. The van der Waals surface area contributed by atoms with Gasteiger partial charge in [0.05, 0.1) is 6.42 Å². The van der Waals surface area contributed by atoms with Crippen LogP contribution in [0.15, 0.2) is 18.2 Å². The molecule has 1 rings (SSSR count). The van der Waals surface area contributed by atoms with Crippen LogP contribution in [0.2, 0.25) is 0 Å². The predicted octanol–water partition coefficient (Wildman–Crippen LogP) is 2.51. The first-order valence-electron chi connectivity index (χ1n) is 4.19. The van der Waals surface area contributed by atoms with Gasteiger partial charge in [0.1, 0.15) is 0 Å². The van der Waals surface area contributed by atoms with E-state index in [0.717, 1.165) is 16.7 Å². The average molecular weight is 172 g/mol. The fourth-order valence-electron chi connectivity index (χ4n) is 1.31. The number of Topliss-reactive ketones (excluding diaryl/α,β-unsaturated/α-hetero) is 1. The van der Waals surface area contributed by atoms with Crippen LogP contribution in [0.5, 0.6) is 0 Å². The Bertz CT molecular complexity index is 369. The van der Waals surface area contributed by atoms with Gasteiger partial charge in [-0.1, -0.05) is 29.7 Å². The average Bonchev–Trinajstić information content (AvgIpc) is 2.04. The fourth-order valence-corrected chi connectivity index (χ4v) is 1.31. The Morgan fingerprint density at radius 2 is 2.15 bits per heavy atom.